The first-order chi connectivity index (χ1) is 6.19. The van der Waals surface area contributed by atoms with Crippen LogP contribution in [0.2, 0.25) is 0 Å². The first kappa shape index (κ1) is 10.1. The zero-order chi connectivity index (χ0) is 9.84. The number of carbonyl (C=O) groups excluding carboxylic acids is 1. The lowest BCUT2D eigenvalue weighted by atomic mass is 10.2. The van der Waals surface area contributed by atoms with Crippen LogP contribution in [-0.2, 0) is 4.74 Å². The van der Waals surface area contributed by atoms with E-state index in [-0.39, 0.29) is 0 Å². The van der Waals surface area contributed by atoms with E-state index in [4.69, 9.17) is 0 Å². The monoisotopic (exact) mass is 291 g/mol. The first-order valence-corrected chi connectivity index (χ1v) is 4.48. The molecule has 0 saturated carbocycles. The predicted octanol–water partition coefficient (Wildman–Crippen LogP) is 2.48. The molecule has 0 unspecified atom stereocenters. The number of esters is 1. The molecule has 0 bridgehead atoms. The van der Waals surface area contributed by atoms with Crippen molar-refractivity contribution in [3.8, 4) is 0 Å². The third-order valence-electron chi connectivity index (χ3n) is 1.47. The number of hydrogen-bond acceptors (Lipinski definition) is 4. The highest BCUT2D eigenvalue weighted by Gasteiger charge is 2.07. The molecule has 4 nitrogen and oxygen atoms in total. The normalized spacial score (nSPS) is 9.38. The fourth-order valence-corrected chi connectivity index (χ4v) is 1.44. The van der Waals surface area contributed by atoms with E-state index in [0.717, 1.165) is 0 Å². The van der Waals surface area contributed by atoms with Crippen LogP contribution < -0.4 is 0 Å². The molecule has 1 aromatic carbocycles. The van der Waals surface area contributed by atoms with Gasteiger partial charge in [-0.25, -0.2) is 4.79 Å². The fraction of sp³-hybridized carbons (Fsp3) is 0.125. The van der Waals surface area contributed by atoms with Crippen LogP contribution in [0.15, 0.2) is 23.4 Å². The molecule has 0 aliphatic rings. The van der Waals surface area contributed by atoms with E-state index < -0.39 is 5.97 Å². The van der Waals surface area contributed by atoms with E-state index >= 15 is 0 Å². The number of methoxy groups -OCH3 is 1. The molecule has 0 spiro atoms. The Bertz CT molecular complexity index is 351. The summed E-state index contributed by atoms with van der Waals surface area (Å²) in [5.41, 5.74) is 0.743. The summed E-state index contributed by atoms with van der Waals surface area (Å²) in [6, 6.07) is 4.55. The molecule has 13 heavy (non-hydrogen) atoms. The molecule has 0 heterocycles. The van der Waals surface area contributed by atoms with Crippen LogP contribution in [0, 0.1) is 8.48 Å². The van der Waals surface area contributed by atoms with Gasteiger partial charge in [0.25, 0.3) is 0 Å². The molecule has 1 aromatic rings. The molecular formula is C8H6INO3. The predicted molar refractivity (Wildman–Crippen MR) is 56.0 cm³/mol. The number of halogens is 1. The smallest absolute Gasteiger partial charge is 0.337 e. The topological polar surface area (TPSA) is 55.7 Å². The molecule has 1 rings (SSSR count). The van der Waals surface area contributed by atoms with Gasteiger partial charge >= 0.3 is 5.97 Å². The van der Waals surface area contributed by atoms with Gasteiger partial charge in [-0.1, -0.05) is 0 Å². The van der Waals surface area contributed by atoms with Gasteiger partial charge < -0.3 is 4.74 Å². The minimum atomic E-state index is -0.421. The van der Waals surface area contributed by atoms with Crippen molar-refractivity contribution in [3.63, 3.8) is 0 Å². The lowest BCUT2D eigenvalue weighted by Gasteiger charge is -2.00. The van der Waals surface area contributed by atoms with Gasteiger partial charge in [0, 0.05) is 3.57 Å². The molecule has 0 saturated heterocycles. The Hall–Kier alpha value is -0.980. The maximum atomic E-state index is 11.0. The van der Waals surface area contributed by atoms with Crippen molar-refractivity contribution in [2.75, 3.05) is 7.11 Å². The second-order valence-corrected chi connectivity index (χ2v) is 3.41. The van der Waals surface area contributed by atoms with Crippen LogP contribution in [-0.4, -0.2) is 13.1 Å². The number of benzene rings is 1. The van der Waals surface area contributed by atoms with Gasteiger partial charge in [-0.15, -0.1) is 4.91 Å². The summed E-state index contributed by atoms with van der Waals surface area (Å²) in [4.78, 5) is 21.2. The maximum Gasteiger partial charge on any atom is 0.337 e. The van der Waals surface area contributed by atoms with Crippen molar-refractivity contribution in [2.45, 2.75) is 0 Å². The molecule has 0 fully saturated rings. The van der Waals surface area contributed by atoms with Crippen molar-refractivity contribution in [3.05, 3.63) is 32.2 Å². The average molecular weight is 291 g/mol. The molecule has 0 radical (unpaired) electrons. The zero-order valence-corrected chi connectivity index (χ0v) is 8.94. The largest absolute Gasteiger partial charge is 0.465 e. The second kappa shape index (κ2) is 4.31. The number of rotatable bonds is 2. The average Bonchev–Trinajstić information content (AvgIpc) is 2.16. The minimum Gasteiger partial charge on any atom is -0.465 e. The molecule has 68 valence electrons. The van der Waals surface area contributed by atoms with Gasteiger partial charge in [0.15, 0.2) is 0 Å². The summed E-state index contributed by atoms with van der Waals surface area (Å²) in [5.74, 6) is -0.421. The molecule has 0 aliphatic heterocycles. The van der Waals surface area contributed by atoms with Gasteiger partial charge in [0.05, 0.1) is 12.7 Å². The summed E-state index contributed by atoms with van der Waals surface area (Å²) in [5, 5.41) is 2.79. The maximum absolute atomic E-state index is 11.0. The van der Waals surface area contributed by atoms with Crippen LogP contribution in [0.3, 0.4) is 0 Å². The SMILES string of the molecule is COC(=O)c1ccc(N=O)c(I)c1. The highest BCUT2D eigenvalue weighted by atomic mass is 127. The summed E-state index contributed by atoms with van der Waals surface area (Å²) >= 11 is 1.93. The van der Waals surface area contributed by atoms with Crippen LogP contribution in [0.1, 0.15) is 10.4 Å². The van der Waals surface area contributed by atoms with E-state index in [1.54, 1.807) is 6.07 Å². The number of carbonyl (C=O) groups is 1. The summed E-state index contributed by atoms with van der Waals surface area (Å²) in [7, 11) is 1.31. The van der Waals surface area contributed by atoms with Crippen LogP contribution >= 0.6 is 22.6 Å². The van der Waals surface area contributed by atoms with Gasteiger partial charge in [0.2, 0.25) is 0 Å². The number of nitrogens with zero attached hydrogens (tertiary/aromatic N) is 1. The van der Waals surface area contributed by atoms with Gasteiger partial charge in [-0.3, -0.25) is 0 Å². The van der Waals surface area contributed by atoms with Crippen LogP contribution in [0.5, 0.6) is 0 Å². The Balaban J connectivity index is 3.09. The van der Waals surface area contributed by atoms with Gasteiger partial charge in [0.1, 0.15) is 5.69 Å². The Morgan fingerprint density at radius 1 is 1.54 bits per heavy atom. The third-order valence-corrected chi connectivity index (χ3v) is 2.33. The van der Waals surface area contributed by atoms with Crippen molar-refractivity contribution in [2.24, 2.45) is 5.18 Å². The standard InChI is InChI=1S/C8H6INO3/c1-13-8(11)5-2-3-7(10-12)6(9)4-5/h2-4H,1H3. The third kappa shape index (κ3) is 2.24. The van der Waals surface area contributed by atoms with E-state index in [0.29, 0.717) is 14.8 Å². The van der Waals surface area contributed by atoms with Crippen LogP contribution in [0.4, 0.5) is 5.69 Å². The Kier molecular flexibility index (Phi) is 3.35. The second-order valence-electron chi connectivity index (χ2n) is 2.25. The number of hydrogen-bond donors (Lipinski definition) is 0. The summed E-state index contributed by atoms with van der Waals surface area (Å²) in [6.07, 6.45) is 0. The molecular weight excluding hydrogens is 285 g/mol. The molecule has 0 N–H and O–H groups in total. The van der Waals surface area contributed by atoms with Crippen molar-refractivity contribution < 1.29 is 9.53 Å². The van der Waals surface area contributed by atoms with Crippen LogP contribution in [0.25, 0.3) is 0 Å². The van der Waals surface area contributed by atoms with Gasteiger partial charge in [-0.05, 0) is 46.0 Å². The Morgan fingerprint density at radius 3 is 2.69 bits per heavy atom. The van der Waals surface area contributed by atoms with Gasteiger partial charge in [-0.2, -0.15) is 0 Å². The quantitative estimate of drug-likeness (QED) is 0.478. The number of ether oxygens (including phenoxy) is 1. The summed E-state index contributed by atoms with van der Waals surface area (Å²) < 4.78 is 5.15. The highest BCUT2D eigenvalue weighted by molar-refractivity contribution is 14.1. The minimum absolute atomic E-state index is 0.327. The molecule has 0 aromatic heterocycles. The van der Waals surface area contributed by atoms with E-state index in [9.17, 15) is 9.70 Å². The number of nitroso groups, excluding NO2 is 1. The van der Waals surface area contributed by atoms with E-state index in [2.05, 4.69) is 9.91 Å². The van der Waals surface area contributed by atoms with Crippen molar-refractivity contribution in [1.82, 2.24) is 0 Å². The zero-order valence-electron chi connectivity index (χ0n) is 6.78. The molecule has 5 heteroatoms. The van der Waals surface area contributed by atoms with E-state index in [1.807, 2.05) is 22.6 Å². The Labute approximate surface area is 88.4 Å². The molecule has 0 atom stereocenters. The van der Waals surface area contributed by atoms with Crippen molar-refractivity contribution >= 4 is 34.2 Å². The Morgan fingerprint density at radius 2 is 2.23 bits per heavy atom. The lowest BCUT2D eigenvalue weighted by Crippen LogP contribution is -2.00. The lowest BCUT2D eigenvalue weighted by molar-refractivity contribution is 0.0600. The highest BCUT2D eigenvalue weighted by Crippen LogP contribution is 2.22. The van der Waals surface area contributed by atoms with Crippen molar-refractivity contribution in [1.29, 1.82) is 0 Å². The fourth-order valence-electron chi connectivity index (χ4n) is 0.826. The summed E-state index contributed by atoms with van der Waals surface area (Å²) in [6.45, 7) is 0. The molecule has 0 aliphatic carbocycles. The first-order valence-electron chi connectivity index (χ1n) is 3.40. The van der Waals surface area contributed by atoms with E-state index in [1.165, 1.54) is 19.2 Å². The molecule has 0 amide bonds.